The van der Waals surface area contributed by atoms with Crippen LogP contribution in [0.25, 0.3) is 21.9 Å². The second-order valence-corrected chi connectivity index (χ2v) is 4.67. The van der Waals surface area contributed by atoms with Crippen molar-refractivity contribution in [3.05, 3.63) is 52.2 Å². The molecule has 3 aromatic rings. The number of hydrogen-bond acceptors (Lipinski definition) is 5. The number of carbonyl (C=O) groups is 2. The Balaban J connectivity index is 2.48. The van der Waals surface area contributed by atoms with E-state index in [1.807, 2.05) is 0 Å². The Morgan fingerprint density at radius 3 is 2.55 bits per heavy atom. The van der Waals surface area contributed by atoms with Gasteiger partial charge in [0.1, 0.15) is 22.3 Å². The Bertz CT molecular complexity index is 983. The number of carboxylic acids is 1. The average Bonchev–Trinajstić information content (AvgIpc) is 2.46. The van der Waals surface area contributed by atoms with Crippen LogP contribution in [0.15, 0.2) is 45.6 Å². The molecule has 22 heavy (non-hydrogen) atoms. The minimum absolute atomic E-state index is 0.0406. The van der Waals surface area contributed by atoms with Crippen molar-refractivity contribution in [3.8, 4) is 5.75 Å². The summed E-state index contributed by atoms with van der Waals surface area (Å²) >= 11 is 0. The summed E-state index contributed by atoms with van der Waals surface area (Å²) in [7, 11) is 0. The first kappa shape index (κ1) is 13.8. The minimum atomic E-state index is -1.22. The average molecular weight is 298 g/mol. The molecule has 0 unspecified atom stereocenters. The molecular weight excluding hydrogens is 288 g/mol. The Hall–Kier alpha value is -3.15. The third kappa shape index (κ3) is 2.20. The molecule has 0 aliphatic carbocycles. The molecule has 0 aliphatic rings. The molecule has 0 radical (unpaired) electrons. The summed E-state index contributed by atoms with van der Waals surface area (Å²) in [5.41, 5.74) is -0.136. The molecule has 0 amide bonds. The lowest BCUT2D eigenvalue weighted by Gasteiger charge is -2.08. The van der Waals surface area contributed by atoms with Crippen molar-refractivity contribution < 1.29 is 23.8 Å². The van der Waals surface area contributed by atoms with Gasteiger partial charge in [-0.2, -0.15) is 0 Å². The van der Waals surface area contributed by atoms with Crippen LogP contribution in [-0.2, 0) is 4.79 Å². The molecule has 1 aromatic heterocycles. The molecule has 0 bridgehead atoms. The number of carboxylic acid groups (broad SMARTS) is 1. The number of para-hydroxylation sites is 1. The Kier molecular flexibility index (Phi) is 3.14. The fraction of sp³-hybridized carbons (Fsp3) is 0.0625. The molecule has 1 N–H and O–H groups in total. The van der Waals surface area contributed by atoms with Gasteiger partial charge in [-0.3, -0.25) is 9.59 Å². The van der Waals surface area contributed by atoms with Gasteiger partial charge in [0.05, 0.1) is 10.9 Å². The van der Waals surface area contributed by atoms with E-state index in [9.17, 15) is 14.4 Å². The standard InChI is InChI=1S/C16H10O6/c1-8(17)21-12-6-9(16(19)20)7-13-14(12)15(18)10-4-2-3-5-11(10)22-13/h2-7H,1H3,(H,19,20). The third-order valence-corrected chi connectivity index (χ3v) is 3.15. The molecule has 0 aliphatic heterocycles. The monoisotopic (exact) mass is 298 g/mol. The van der Waals surface area contributed by atoms with Gasteiger partial charge in [-0.1, -0.05) is 12.1 Å². The van der Waals surface area contributed by atoms with Crippen LogP contribution in [0, 0.1) is 0 Å². The van der Waals surface area contributed by atoms with Crippen molar-refractivity contribution >= 4 is 33.9 Å². The zero-order valence-electron chi connectivity index (χ0n) is 11.5. The van der Waals surface area contributed by atoms with E-state index in [1.165, 1.54) is 13.0 Å². The Morgan fingerprint density at radius 1 is 1.14 bits per heavy atom. The van der Waals surface area contributed by atoms with Gasteiger partial charge < -0.3 is 14.3 Å². The number of rotatable bonds is 2. The number of ether oxygens (including phenoxy) is 1. The Morgan fingerprint density at radius 2 is 1.86 bits per heavy atom. The second kappa shape index (κ2) is 5.00. The van der Waals surface area contributed by atoms with E-state index >= 15 is 0 Å². The van der Waals surface area contributed by atoms with Crippen LogP contribution in [0.5, 0.6) is 5.75 Å². The lowest BCUT2D eigenvalue weighted by molar-refractivity contribution is -0.131. The summed E-state index contributed by atoms with van der Waals surface area (Å²) in [4.78, 5) is 35.0. The van der Waals surface area contributed by atoms with Gasteiger partial charge in [-0.25, -0.2) is 4.79 Å². The number of carbonyl (C=O) groups excluding carboxylic acids is 1. The number of benzene rings is 2. The van der Waals surface area contributed by atoms with Crippen LogP contribution < -0.4 is 10.2 Å². The van der Waals surface area contributed by atoms with Gasteiger partial charge in [0.2, 0.25) is 5.43 Å². The van der Waals surface area contributed by atoms with Crippen LogP contribution in [0.2, 0.25) is 0 Å². The van der Waals surface area contributed by atoms with Crippen molar-refractivity contribution in [2.45, 2.75) is 6.92 Å². The first-order valence-corrected chi connectivity index (χ1v) is 6.38. The van der Waals surface area contributed by atoms with E-state index in [4.69, 9.17) is 14.3 Å². The fourth-order valence-electron chi connectivity index (χ4n) is 2.25. The van der Waals surface area contributed by atoms with Crippen LogP contribution in [0.3, 0.4) is 0 Å². The molecule has 2 aromatic carbocycles. The minimum Gasteiger partial charge on any atom is -0.478 e. The predicted molar refractivity (Wildman–Crippen MR) is 78.3 cm³/mol. The maximum atomic E-state index is 12.6. The predicted octanol–water partition coefficient (Wildman–Crippen LogP) is 2.57. The fourth-order valence-corrected chi connectivity index (χ4v) is 2.25. The first-order chi connectivity index (χ1) is 10.5. The number of aromatic carboxylic acids is 1. The lowest BCUT2D eigenvalue weighted by atomic mass is 10.1. The van der Waals surface area contributed by atoms with Gasteiger partial charge in [-0.15, -0.1) is 0 Å². The SMILES string of the molecule is CC(=O)Oc1cc(C(=O)O)cc2oc3ccccc3c(=O)c12. The van der Waals surface area contributed by atoms with E-state index in [0.717, 1.165) is 6.07 Å². The molecule has 3 rings (SSSR count). The lowest BCUT2D eigenvalue weighted by Crippen LogP contribution is -2.10. The summed E-state index contributed by atoms with van der Waals surface area (Å²) in [6.07, 6.45) is 0. The highest BCUT2D eigenvalue weighted by molar-refractivity contribution is 5.99. The van der Waals surface area contributed by atoms with Gasteiger partial charge in [0, 0.05) is 6.92 Å². The molecule has 0 fully saturated rings. The second-order valence-electron chi connectivity index (χ2n) is 4.67. The van der Waals surface area contributed by atoms with Gasteiger partial charge >= 0.3 is 11.9 Å². The van der Waals surface area contributed by atoms with Crippen molar-refractivity contribution in [1.29, 1.82) is 0 Å². The largest absolute Gasteiger partial charge is 0.478 e. The van der Waals surface area contributed by atoms with Crippen molar-refractivity contribution in [2.75, 3.05) is 0 Å². The van der Waals surface area contributed by atoms with Crippen LogP contribution in [-0.4, -0.2) is 17.0 Å². The van der Waals surface area contributed by atoms with Crippen molar-refractivity contribution in [2.24, 2.45) is 0 Å². The zero-order valence-corrected chi connectivity index (χ0v) is 11.5. The Labute approximate surface area is 123 Å². The van der Waals surface area contributed by atoms with Crippen LogP contribution in [0.1, 0.15) is 17.3 Å². The summed E-state index contributed by atoms with van der Waals surface area (Å²) in [5.74, 6) is -2.00. The molecule has 6 nitrogen and oxygen atoms in total. The molecular formula is C16H10O6. The molecule has 0 spiro atoms. The smallest absolute Gasteiger partial charge is 0.335 e. The highest BCUT2D eigenvalue weighted by Gasteiger charge is 2.17. The topological polar surface area (TPSA) is 93.8 Å². The zero-order chi connectivity index (χ0) is 15.9. The highest BCUT2D eigenvalue weighted by Crippen LogP contribution is 2.28. The number of esters is 1. The number of fused-ring (bicyclic) bond motifs is 2. The highest BCUT2D eigenvalue weighted by atomic mass is 16.5. The molecule has 0 atom stereocenters. The van der Waals surface area contributed by atoms with E-state index in [1.54, 1.807) is 24.3 Å². The summed E-state index contributed by atoms with van der Waals surface area (Å²) < 4.78 is 10.6. The molecule has 1 heterocycles. The summed E-state index contributed by atoms with van der Waals surface area (Å²) in [5, 5.41) is 9.49. The maximum Gasteiger partial charge on any atom is 0.335 e. The van der Waals surface area contributed by atoms with Gasteiger partial charge in [-0.05, 0) is 24.3 Å². The summed E-state index contributed by atoms with van der Waals surface area (Å²) in [6, 6.07) is 8.95. The van der Waals surface area contributed by atoms with E-state index < -0.39 is 11.9 Å². The van der Waals surface area contributed by atoms with E-state index in [0.29, 0.717) is 11.0 Å². The van der Waals surface area contributed by atoms with E-state index in [-0.39, 0.29) is 27.7 Å². The normalized spacial score (nSPS) is 10.8. The van der Waals surface area contributed by atoms with Crippen molar-refractivity contribution in [1.82, 2.24) is 0 Å². The van der Waals surface area contributed by atoms with Gasteiger partial charge in [0.15, 0.2) is 0 Å². The third-order valence-electron chi connectivity index (χ3n) is 3.15. The number of hydrogen-bond donors (Lipinski definition) is 1. The maximum absolute atomic E-state index is 12.6. The van der Waals surface area contributed by atoms with E-state index in [2.05, 4.69) is 0 Å². The first-order valence-electron chi connectivity index (χ1n) is 6.38. The van der Waals surface area contributed by atoms with Crippen LogP contribution >= 0.6 is 0 Å². The molecule has 0 saturated heterocycles. The summed E-state index contributed by atoms with van der Waals surface area (Å²) in [6.45, 7) is 1.17. The quantitative estimate of drug-likeness (QED) is 0.444. The van der Waals surface area contributed by atoms with Crippen LogP contribution in [0.4, 0.5) is 0 Å². The molecule has 6 heteroatoms. The van der Waals surface area contributed by atoms with Crippen molar-refractivity contribution in [3.63, 3.8) is 0 Å². The van der Waals surface area contributed by atoms with Gasteiger partial charge in [0.25, 0.3) is 0 Å². The molecule has 0 saturated carbocycles. The molecule has 110 valence electrons.